The third-order valence-electron chi connectivity index (χ3n) is 2.51. The maximum absolute atomic E-state index is 11.9. The molecule has 19 heavy (non-hydrogen) atoms. The van der Waals surface area contributed by atoms with E-state index in [0.29, 0.717) is 5.82 Å². The number of primary amides is 1. The van der Waals surface area contributed by atoms with Gasteiger partial charge in [-0.1, -0.05) is 13.8 Å². The maximum atomic E-state index is 11.9. The molecule has 0 fully saturated rings. The van der Waals surface area contributed by atoms with Gasteiger partial charge in [-0.05, 0) is 25.0 Å². The van der Waals surface area contributed by atoms with Gasteiger partial charge in [0.25, 0.3) is 5.91 Å². The van der Waals surface area contributed by atoms with Gasteiger partial charge in [0.15, 0.2) is 5.69 Å². The number of aromatic nitrogens is 2. The lowest BCUT2D eigenvalue weighted by Gasteiger charge is -2.18. The zero-order valence-corrected chi connectivity index (χ0v) is 11.3. The highest BCUT2D eigenvalue weighted by Gasteiger charge is 2.22. The Hall–Kier alpha value is -2.18. The molecule has 0 aliphatic rings. The summed E-state index contributed by atoms with van der Waals surface area (Å²) in [6.07, 6.45) is 0. The topological polar surface area (TPSA) is 110 Å². The van der Waals surface area contributed by atoms with Gasteiger partial charge in [-0.25, -0.2) is 0 Å². The minimum Gasteiger partial charge on any atom is -0.369 e. The summed E-state index contributed by atoms with van der Waals surface area (Å²) in [5.41, 5.74) is 5.37. The molecule has 1 unspecified atom stereocenters. The predicted molar refractivity (Wildman–Crippen MR) is 71.5 cm³/mol. The highest BCUT2D eigenvalue weighted by molar-refractivity contribution is 5.95. The van der Waals surface area contributed by atoms with Crippen LogP contribution < -0.4 is 16.4 Å². The van der Waals surface area contributed by atoms with E-state index < -0.39 is 17.9 Å². The Bertz CT molecular complexity index is 444. The monoisotopic (exact) mass is 265 g/mol. The molecule has 104 valence electrons. The molecular weight excluding hydrogens is 246 g/mol. The zero-order valence-electron chi connectivity index (χ0n) is 11.3. The molecule has 0 bridgehead atoms. The SMILES string of the molecule is CCNc1ccc(C(=O)NC(C(N)=O)C(C)C)nn1. The molecule has 0 radical (unpaired) electrons. The van der Waals surface area contributed by atoms with Crippen molar-refractivity contribution in [3.8, 4) is 0 Å². The number of carbonyl (C=O) groups is 2. The second-order valence-corrected chi connectivity index (χ2v) is 4.43. The predicted octanol–water partition coefficient (Wildman–Crippen LogP) is 0.148. The first kappa shape index (κ1) is 14.9. The lowest BCUT2D eigenvalue weighted by Crippen LogP contribution is -2.47. The summed E-state index contributed by atoms with van der Waals surface area (Å²) in [5.74, 6) is -0.529. The second kappa shape index (κ2) is 6.67. The Morgan fingerprint density at radius 3 is 2.42 bits per heavy atom. The molecule has 7 heteroatoms. The van der Waals surface area contributed by atoms with E-state index in [1.807, 2.05) is 6.92 Å². The quantitative estimate of drug-likeness (QED) is 0.678. The van der Waals surface area contributed by atoms with Crippen molar-refractivity contribution < 1.29 is 9.59 Å². The Morgan fingerprint density at radius 1 is 1.32 bits per heavy atom. The molecule has 0 aromatic carbocycles. The average molecular weight is 265 g/mol. The molecular formula is C12H19N5O2. The van der Waals surface area contributed by atoms with Gasteiger partial charge < -0.3 is 16.4 Å². The fourth-order valence-electron chi connectivity index (χ4n) is 1.51. The number of amides is 2. The smallest absolute Gasteiger partial charge is 0.272 e. The van der Waals surface area contributed by atoms with Crippen LogP contribution in [0.15, 0.2) is 12.1 Å². The Balaban J connectivity index is 2.74. The average Bonchev–Trinajstić information content (AvgIpc) is 2.36. The molecule has 2 amide bonds. The van der Waals surface area contributed by atoms with E-state index in [-0.39, 0.29) is 11.6 Å². The lowest BCUT2D eigenvalue weighted by molar-refractivity contribution is -0.120. The molecule has 1 aromatic heterocycles. The van der Waals surface area contributed by atoms with Crippen LogP contribution in [0.2, 0.25) is 0 Å². The Morgan fingerprint density at radius 2 is 2.00 bits per heavy atom. The van der Waals surface area contributed by atoms with Crippen LogP contribution in [0, 0.1) is 5.92 Å². The summed E-state index contributed by atoms with van der Waals surface area (Å²) in [6.45, 7) is 6.25. The summed E-state index contributed by atoms with van der Waals surface area (Å²) in [4.78, 5) is 23.1. The van der Waals surface area contributed by atoms with Crippen LogP contribution in [-0.2, 0) is 4.79 Å². The van der Waals surface area contributed by atoms with Crippen molar-refractivity contribution in [2.24, 2.45) is 11.7 Å². The van der Waals surface area contributed by atoms with Crippen LogP contribution in [0.25, 0.3) is 0 Å². The normalized spacial score (nSPS) is 12.0. The molecule has 1 aromatic rings. The van der Waals surface area contributed by atoms with E-state index >= 15 is 0 Å². The van der Waals surface area contributed by atoms with E-state index in [9.17, 15) is 9.59 Å². The minimum absolute atomic E-state index is 0.0876. The first-order valence-electron chi connectivity index (χ1n) is 6.13. The molecule has 1 rings (SSSR count). The molecule has 4 N–H and O–H groups in total. The second-order valence-electron chi connectivity index (χ2n) is 4.43. The Labute approximate surface area is 112 Å². The van der Waals surface area contributed by atoms with Crippen molar-refractivity contribution in [2.45, 2.75) is 26.8 Å². The van der Waals surface area contributed by atoms with Gasteiger partial charge >= 0.3 is 0 Å². The summed E-state index contributed by atoms with van der Waals surface area (Å²) >= 11 is 0. The summed E-state index contributed by atoms with van der Waals surface area (Å²) in [6, 6.07) is 2.47. The van der Waals surface area contributed by atoms with Gasteiger partial charge in [0, 0.05) is 6.54 Å². The van der Waals surface area contributed by atoms with Gasteiger partial charge in [0.2, 0.25) is 5.91 Å². The van der Waals surface area contributed by atoms with E-state index in [1.165, 1.54) is 0 Å². The minimum atomic E-state index is -0.720. The number of nitrogens with two attached hydrogens (primary N) is 1. The fraction of sp³-hybridized carbons (Fsp3) is 0.500. The summed E-state index contributed by atoms with van der Waals surface area (Å²) in [5, 5.41) is 13.2. The zero-order chi connectivity index (χ0) is 14.4. The third kappa shape index (κ3) is 4.20. The van der Waals surface area contributed by atoms with Gasteiger partial charge in [0.05, 0.1) is 0 Å². The molecule has 0 aliphatic carbocycles. The van der Waals surface area contributed by atoms with Gasteiger partial charge in [-0.3, -0.25) is 9.59 Å². The van der Waals surface area contributed by atoms with Crippen molar-refractivity contribution in [1.29, 1.82) is 0 Å². The maximum Gasteiger partial charge on any atom is 0.272 e. The standard InChI is InChI=1S/C12H19N5O2/c1-4-14-9-6-5-8(16-17-9)12(19)15-10(7(2)3)11(13)18/h5-7,10H,4H2,1-3H3,(H2,13,18)(H,14,17)(H,15,19). The number of hydrogen-bond donors (Lipinski definition) is 3. The number of nitrogens with zero attached hydrogens (tertiary/aromatic N) is 2. The first-order valence-corrected chi connectivity index (χ1v) is 6.13. The van der Waals surface area contributed by atoms with Crippen LogP contribution in [0.3, 0.4) is 0 Å². The van der Waals surface area contributed by atoms with Crippen molar-refractivity contribution in [2.75, 3.05) is 11.9 Å². The Kier molecular flexibility index (Phi) is 5.23. The van der Waals surface area contributed by atoms with Crippen molar-refractivity contribution in [3.05, 3.63) is 17.8 Å². The molecule has 1 atom stereocenters. The van der Waals surface area contributed by atoms with E-state index in [1.54, 1.807) is 26.0 Å². The fourth-order valence-corrected chi connectivity index (χ4v) is 1.51. The van der Waals surface area contributed by atoms with Crippen LogP contribution >= 0.6 is 0 Å². The number of carbonyl (C=O) groups excluding carboxylic acids is 2. The van der Waals surface area contributed by atoms with Crippen molar-refractivity contribution in [3.63, 3.8) is 0 Å². The van der Waals surface area contributed by atoms with Crippen LogP contribution in [0.1, 0.15) is 31.3 Å². The van der Waals surface area contributed by atoms with Crippen LogP contribution in [-0.4, -0.2) is 34.6 Å². The van der Waals surface area contributed by atoms with Crippen molar-refractivity contribution >= 4 is 17.6 Å². The van der Waals surface area contributed by atoms with Gasteiger partial charge in [0.1, 0.15) is 11.9 Å². The van der Waals surface area contributed by atoms with Crippen LogP contribution in [0.4, 0.5) is 5.82 Å². The number of anilines is 1. The lowest BCUT2D eigenvalue weighted by atomic mass is 10.0. The van der Waals surface area contributed by atoms with E-state index in [0.717, 1.165) is 6.54 Å². The molecule has 0 saturated carbocycles. The molecule has 0 spiro atoms. The third-order valence-corrected chi connectivity index (χ3v) is 2.51. The summed E-state index contributed by atoms with van der Waals surface area (Å²) < 4.78 is 0. The number of rotatable bonds is 6. The van der Waals surface area contributed by atoms with E-state index in [2.05, 4.69) is 20.8 Å². The van der Waals surface area contributed by atoms with Crippen LogP contribution in [0.5, 0.6) is 0 Å². The molecule has 1 heterocycles. The van der Waals surface area contributed by atoms with Gasteiger partial charge in [-0.2, -0.15) is 0 Å². The van der Waals surface area contributed by atoms with Crippen molar-refractivity contribution in [1.82, 2.24) is 15.5 Å². The molecule has 7 nitrogen and oxygen atoms in total. The van der Waals surface area contributed by atoms with E-state index in [4.69, 9.17) is 5.73 Å². The molecule has 0 aliphatic heterocycles. The number of nitrogens with one attached hydrogen (secondary N) is 2. The molecule has 0 saturated heterocycles. The highest BCUT2D eigenvalue weighted by atomic mass is 16.2. The largest absolute Gasteiger partial charge is 0.369 e. The first-order chi connectivity index (χ1) is 8.95. The van der Waals surface area contributed by atoms with Gasteiger partial charge in [-0.15, -0.1) is 10.2 Å². The summed E-state index contributed by atoms with van der Waals surface area (Å²) in [7, 11) is 0. The number of hydrogen-bond acceptors (Lipinski definition) is 5. The highest BCUT2D eigenvalue weighted by Crippen LogP contribution is 2.04.